The van der Waals surface area contributed by atoms with Crippen molar-refractivity contribution < 1.29 is 23.2 Å². The second-order valence-corrected chi connectivity index (χ2v) is 10.2. The molecule has 1 aliphatic heterocycles. The number of rotatable bonds is 7. The van der Waals surface area contributed by atoms with Gasteiger partial charge in [-0.1, -0.05) is 6.07 Å². The summed E-state index contributed by atoms with van der Waals surface area (Å²) in [6, 6.07) is 11.7. The normalized spacial score (nSPS) is 16.4. The molecule has 4 rings (SSSR count). The lowest BCUT2D eigenvalue weighted by Crippen LogP contribution is -2.47. The quantitative estimate of drug-likeness (QED) is 0.457. The Morgan fingerprint density at radius 1 is 1.28 bits per heavy atom. The summed E-state index contributed by atoms with van der Waals surface area (Å²) in [4.78, 5) is 23.5. The van der Waals surface area contributed by atoms with Crippen molar-refractivity contribution in [1.29, 1.82) is 5.26 Å². The van der Waals surface area contributed by atoms with Gasteiger partial charge in [-0.05, 0) is 56.5 Å². The average Bonchev–Trinajstić information content (AvgIpc) is 2.87. The van der Waals surface area contributed by atoms with Crippen LogP contribution in [0.2, 0.25) is 0 Å². The average molecular weight is 514 g/mol. The van der Waals surface area contributed by atoms with Crippen molar-refractivity contribution in [3.63, 3.8) is 0 Å². The Morgan fingerprint density at radius 2 is 2.00 bits per heavy atom. The first-order valence-corrected chi connectivity index (χ1v) is 12.6. The molecule has 0 spiro atoms. The van der Waals surface area contributed by atoms with Crippen LogP contribution in [-0.4, -0.2) is 55.0 Å². The zero-order chi connectivity index (χ0) is 25.9. The van der Waals surface area contributed by atoms with Crippen LogP contribution in [0.4, 0.5) is 14.5 Å². The summed E-state index contributed by atoms with van der Waals surface area (Å²) in [5.74, 6) is -3.24. The van der Waals surface area contributed by atoms with Crippen LogP contribution >= 0.6 is 0 Å². The number of likely N-dealkylation sites (tertiary alicyclic amines) is 1. The molecule has 3 aromatic rings. The van der Waals surface area contributed by atoms with Gasteiger partial charge in [0.25, 0.3) is 5.91 Å². The lowest BCUT2D eigenvalue weighted by molar-refractivity contribution is -0.0570. The summed E-state index contributed by atoms with van der Waals surface area (Å²) in [6.07, 6.45) is 2.97. The Labute approximate surface area is 210 Å². The lowest BCUT2D eigenvalue weighted by atomic mass is 9.86. The molecule has 1 unspecified atom stereocenters. The highest BCUT2D eigenvalue weighted by molar-refractivity contribution is 7.93. The molecule has 2 aromatic carbocycles. The number of carbonyl (C=O) groups excluding carboxylic acids is 1. The summed E-state index contributed by atoms with van der Waals surface area (Å²) in [5, 5.41) is 20.3. The van der Waals surface area contributed by atoms with Gasteiger partial charge in [0, 0.05) is 31.9 Å². The van der Waals surface area contributed by atoms with Crippen molar-refractivity contribution in [3.05, 3.63) is 59.9 Å². The maximum Gasteiger partial charge on any atom is 0.255 e. The molecule has 1 fully saturated rings. The fourth-order valence-corrected chi connectivity index (χ4v) is 5.15. The van der Waals surface area contributed by atoms with Gasteiger partial charge in [0.2, 0.25) is 10.8 Å². The second-order valence-electron chi connectivity index (χ2n) is 9.01. The fraction of sp³-hybridized carbons (Fsp3) is 0.360. The topological polar surface area (TPSA) is 125 Å². The third-order valence-electron chi connectivity index (χ3n) is 6.25. The number of para-hydroxylation sites is 1. The highest BCUT2D eigenvalue weighted by Crippen LogP contribution is 2.32. The van der Waals surface area contributed by atoms with Crippen LogP contribution in [0.1, 0.15) is 48.5 Å². The Morgan fingerprint density at radius 3 is 2.69 bits per heavy atom. The van der Waals surface area contributed by atoms with Crippen LogP contribution in [0.3, 0.4) is 0 Å². The number of nitrogens with one attached hydrogen (secondary N) is 1. The van der Waals surface area contributed by atoms with Crippen molar-refractivity contribution in [2.75, 3.05) is 17.8 Å². The van der Waals surface area contributed by atoms with E-state index in [0.717, 1.165) is 6.92 Å². The molecule has 0 bridgehead atoms. The molecule has 2 N–H and O–H groups in total. The maximum absolute atomic E-state index is 13.2. The van der Waals surface area contributed by atoms with E-state index in [1.54, 1.807) is 30.5 Å². The van der Waals surface area contributed by atoms with E-state index in [-0.39, 0.29) is 49.4 Å². The summed E-state index contributed by atoms with van der Waals surface area (Å²) >= 11 is -1.70. The number of alkyl halides is 2. The number of piperidine rings is 1. The van der Waals surface area contributed by atoms with Crippen molar-refractivity contribution in [2.45, 2.75) is 49.0 Å². The van der Waals surface area contributed by atoms with Gasteiger partial charge in [0.1, 0.15) is 22.9 Å². The number of amides is 1. The molecule has 2 heterocycles. The van der Waals surface area contributed by atoms with Gasteiger partial charge in [-0.25, -0.2) is 18.5 Å². The zero-order valence-corrected chi connectivity index (χ0v) is 20.4. The number of hydrogen-bond donors (Lipinski definition) is 2. The van der Waals surface area contributed by atoms with Crippen LogP contribution in [0.25, 0.3) is 11.0 Å². The van der Waals surface area contributed by atoms with E-state index in [0.29, 0.717) is 21.6 Å². The van der Waals surface area contributed by atoms with Gasteiger partial charge in [-0.15, -0.1) is 0 Å². The third kappa shape index (κ3) is 5.90. The molecule has 0 radical (unpaired) electrons. The molecule has 1 atom stereocenters. The number of aliphatic hydroxyl groups is 1. The van der Waals surface area contributed by atoms with E-state index in [9.17, 15) is 28.5 Å². The van der Waals surface area contributed by atoms with Crippen LogP contribution in [0.15, 0.2) is 53.7 Å². The number of nitrogens with zero attached hydrogens (tertiary/aromatic N) is 4. The van der Waals surface area contributed by atoms with Crippen molar-refractivity contribution >= 4 is 34.0 Å². The van der Waals surface area contributed by atoms with Crippen molar-refractivity contribution in [1.82, 2.24) is 14.9 Å². The lowest BCUT2D eigenvalue weighted by Gasteiger charge is -2.38. The Kier molecular flexibility index (Phi) is 7.40. The second kappa shape index (κ2) is 10.3. The number of anilines is 1. The van der Waals surface area contributed by atoms with E-state index in [2.05, 4.69) is 14.7 Å². The van der Waals surface area contributed by atoms with Crippen LogP contribution in [0, 0.1) is 11.3 Å². The molecule has 1 aliphatic rings. The molecule has 8 nitrogen and oxygen atoms in total. The van der Waals surface area contributed by atoms with Crippen LogP contribution < -0.4 is 4.72 Å². The molecular weight excluding hydrogens is 488 g/mol. The Hall–Kier alpha value is -3.33. The molecular formula is C25H25F2N5O3S. The molecule has 0 saturated carbocycles. The minimum absolute atomic E-state index is 0.0399. The van der Waals surface area contributed by atoms with Gasteiger partial charge in [-0.2, -0.15) is 5.26 Å². The Bertz CT molecular complexity index is 1300. The van der Waals surface area contributed by atoms with Crippen molar-refractivity contribution in [3.8, 4) is 6.07 Å². The highest BCUT2D eigenvalue weighted by atomic mass is 32.2. The number of carbonyl (C=O) groups is 1. The number of nitriles is 1. The minimum atomic E-state index is -2.86. The number of aromatic nitrogens is 2. The van der Waals surface area contributed by atoms with E-state index in [1.165, 1.54) is 23.2 Å². The summed E-state index contributed by atoms with van der Waals surface area (Å²) < 4.78 is 42.2. The molecule has 1 aromatic heterocycles. The summed E-state index contributed by atoms with van der Waals surface area (Å²) in [6.45, 7) is 1.21. The van der Waals surface area contributed by atoms with Gasteiger partial charge < -0.3 is 14.6 Å². The van der Waals surface area contributed by atoms with Crippen LogP contribution in [0.5, 0.6) is 0 Å². The zero-order valence-electron chi connectivity index (χ0n) is 19.6. The number of benzene rings is 2. The minimum Gasteiger partial charge on any atom is -0.588 e. The third-order valence-corrected chi connectivity index (χ3v) is 7.40. The monoisotopic (exact) mass is 513 g/mol. The van der Waals surface area contributed by atoms with E-state index >= 15 is 0 Å². The maximum atomic E-state index is 13.2. The molecule has 0 aliphatic carbocycles. The molecule has 1 amide bonds. The molecule has 36 heavy (non-hydrogen) atoms. The predicted molar refractivity (Wildman–Crippen MR) is 131 cm³/mol. The highest BCUT2D eigenvalue weighted by Gasteiger charge is 2.37. The first-order chi connectivity index (χ1) is 17.1. The van der Waals surface area contributed by atoms with E-state index in [4.69, 9.17) is 0 Å². The first kappa shape index (κ1) is 25.8. The number of halogens is 2. The SMILES string of the molecule is CC(F)(F)CCC1(O)CCN(C(=O)c2ccc(N[S+]([O-])c3cccc4nccnc34)cc2C#N)CC1. The molecule has 188 valence electrons. The van der Waals surface area contributed by atoms with Gasteiger partial charge >= 0.3 is 0 Å². The number of hydrogen-bond acceptors (Lipinski definition) is 7. The molecule has 1 saturated heterocycles. The largest absolute Gasteiger partial charge is 0.588 e. The predicted octanol–water partition coefficient (Wildman–Crippen LogP) is 4.04. The first-order valence-electron chi connectivity index (χ1n) is 11.4. The van der Waals surface area contributed by atoms with Gasteiger partial charge in [0.15, 0.2) is 0 Å². The van der Waals surface area contributed by atoms with Crippen molar-refractivity contribution in [2.24, 2.45) is 0 Å². The van der Waals surface area contributed by atoms with E-state index < -0.39 is 29.3 Å². The Balaban J connectivity index is 1.45. The standard InChI is InChI=1S/C25H25F2N5O3S/c1-24(26,27)7-8-25(34)9-13-32(14-10-25)23(33)19-6-5-18(15-17(19)16-28)31-36(35)21-4-2-3-20-22(21)30-12-11-29-20/h2-6,11-12,15,31,34H,7-10,13-14H2,1H3. The summed E-state index contributed by atoms with van der Waals surface area (Å²) in [7, 11) is 0. The van der Waals surface area contributed by atoms with Crippen LogP contribution in [-0.2, 0) is 11.4 Å². The summed E-state index contributed by atoms with van der Waals surface area (Å²) in [5.41, 5.74) is 0.516. The van der Waals surface area contributed by atoms with E-state index in [1.807, 2.05) is 6.07 Å². The fourth-order valence-electron chi connectivity index (χ4n) is 4.16. The van der Waals surface area contributed by atoms with Gasteiger partial charge in [0.05, 0.1) is 27.9 Å². The van der Waals surface area contributed by atoms with Gasteiger partial charge in [-0.3, -0.25) is 9.78 Å². The smallest absolute Gasteiger partial charge is 0.255 e. The number of fused-ring (bicyclic) bond motifs is 1. The molecule has 11 heteroatoms.